The SMILES string of the molecule is C[C@@H](N)C(=O)NCc1cccc2c1CCOC2. The van der Waals surface area contributed by atoms with E-state index < -0.39 is 6.04 Å². The van der Waals surface area contributed by atoms with Crippen LogP contribution in [0.5, 0.6) is 0 Å². The number of carbonyl (C=O) groups is 1. The minimum absolute atomic E-state index is 0.116. The second-order valence-electron chi connectivity index (χ2n) is 4.36. The van der Waals surface area contributed by atoms with Crippen LogP contribution in [0, 0.1) is 0 Å². The van der Waals surface area contributed by atoms with Crippen LogP contribution in [0.15, 0.2) is 18.2 Å². The first-order valence-corrected chi connectivity index (χ1v) is 5.89. The Morgan fingerprint density at radius 1 is 1.59 bits per heavy atom. The fourth-order valence-electron chi connectivity index (χ4n) is 2.01. The highest BCUT2D eigenvalue weighted by molar-refractivity contribution is 5.80. The molecule has 1 aliphatic rings. The Hall–Kier alpha value is -1.39. The lowest BCUT2D eigenvalue weighted by molar-refractivity contribution is -0.122. The summed E-state index contributed by atoms with van der Waals surface area (Å²) in [5.41, 5.74) is 9.21. The number of ether oxygens (including phenoxy) is 1. The summed E-state index contributed by atoms with van der Waals surface area (Å²) in [6.45, 7) is 3.66. The average Bonchev–Trinajstić information content (AvgIpc) is 2.35. The van der Waals surface area contributed by atoms with Gasteiger partial charge in [0.25, 0.3) is 0 Å². The standard InChI is InChI=1S/C13H18N2O2/c1-9(14)13(16)15-7-10-3-2-4-11-8-17-6-5-12(10)11/h2-4,9H,5-8,14H2,1H3,(H,15,16)/t9-/m1/s1. The highest BCUT2D eigenvalue weighted by atomic mass is 16.5. The first-order valence-electron chi connectivity index (χ1n) is 5.89. The first kappa shape index (κ1) is 12.1. The molecule has 0 spiro atoms. The van der Waals surface area contributed by atoms with Crippen molar-refractivity contribution in [1.82, 2.24) is 5.32 Å². The molecule has 1 atom stereocenters. The van der Waals surface area contributed by atoms with E-state index in [0.29, 0.717) is 13.2 Å². The Morgan fingerprint density at radius 3 is 3.18 bits per heavy atom. The van der Waals surface area contributed by atoms with Crippen LogP contribution < -0.4 is 11.1 Å². The third kappa shape index (κ3) is 2.84. The summed E-state index contributed by atoms with van der Waals surface area (Å²) in [5, 5.41) is 2.84. The van der Waals surface area contributed by atoms with Crippen LogP contribution >= 0.6 is 0 Å². The molecular formula is C13H18N2O2. The Kier molecular flexibility index (Phi) is 3.76. The second-order valence-corrected chi connectivity index (χ2v) is 4.36. The quantitative estimate of drug-likeness (QED) is 0.810. The fourth-order valence-corrected chi connectivity index (χ4v) is 2.01. The van der Waals surface area contributed by atoms with Gasteiger partial charge in [0.2, 0.25) is 5.91 Å². The van der Waals surface area contributed by atoms with Crippen LogP contribution in [0.4, 0.5) is 0 Å². The molecule has 0 bridgehead atoms. The third-order valence-electron chi connectivity index (χ3n) is 2.99. The van der Waals surface area contributed by atoms with E-state index in [1.54, 1.807) is 6.92 Å². The van der Waals surface area contributed by atoms with Crippen molar-refractivity contribution in [2.75, 3.05) is 6.61 Å². The molecule has 1 aliphatic heterocycles. The summed E-state index contributed by atoms with van der Waals surface area (Å²) < 4.78 is 5.41. The van der Waals surface area contributed by atoms with Crippen molar-refractivity contribution in [1.29, 1.82) is 0 Å². The van der Waals surface area contributed by atoms with Crippen molar-refractivity contribution in [3.05, 3.63) is 34.9 Å². The monoisotopic (exact) mass is 234 g/mol. The molecule has 0 aromatic heterocycles. The molecule has 4 heteroatoms. The summed E-state index contributed by atoms with van der Waals surface area (Å²) in [5.74, 6) is -0.116. The third-order valence-corrected chi connectivity index (χ3v) is 2.99. The van der Waals surface area contributed by atoms with Gasteiger partial charge >= 0.3 is 0 Å². The van der Waals surface area contributed by atoms with Crippen LogP contribution in [0.2, 0.25) is 0 Å². The normalized spacial score (nSPS) is 16.1. The lowest BCUT2D eigenvalue weighted by atomic mass is 9.97. The minimum Gasteiger partial charge on any atom is -0.376 e. The van der Waals surface area contributed by atoms with Crippen molar-refractivity contribution in [3.63, 3.8) is 0 Å². The lowest BCUT2D eigenvalue weighted by Gasteiger charge is -2.20. The molecule has 17 heavy (non-hydrogen) atoms. The molecule has 1 aromatic rings. The number of benzene rings is 1. The molecule has 0 fully saturated rings. The highest BCUT2D eigenvalue weighted by Crippen LogP contribution is 2.20. The van der Waals surface area contributed by atoms with Gasteiger partial charge in [-0.3, -0.25) is 4.79 Å². The molecule has 2 rings (SSSR count). The predicted octanol–water partition coefficient (Wildman–Crippen LogP) is 0.723. The van der Waals surface area contributed by atoms with E-state index in [1.807, 2.05) is 12.1 Å². The van der Waals surface area contributed by atoms with Gasteiger partial charge in [-0.1, -0.05) is 18.2 Å². The van der Waals surface area contributed by atoms with E-state index in [9.17, 15) is 4.79 Å². The summed E-state index contributed by atoms with van der Waals surface area (Å²) in [7, 11) is 0. The molecule has 0 saturated carbocycles. The number of nitrogens with two attached hydrogens (primary N) is 1. The number of nitrogens with one attached hydrogen (secondary N) is 1. The zero-order valence-electron chi connectivity index (χ0n) is 10.0. The molecule has 92 valence electrons. The van der Waals surface area contributed by atoms with Crippen molar-refractivity contribution >= 4 is 5.91 Å². The minimum atomic E-state index is -0.460. The number of fused-ring (bicyclic) bond motifs is 1. The van der Waals surface area contributed by atoms with Crippen LogP contribution in [0.3, 0.4) is 0 Å². The predicted molar refractivity (Wildman–Crippen MR) is 65.3 cm³/mol. The van der Waals surface area contributed by atoms with E-state index in [4.69, 9.17) is 10.5 Å². The number of carbonyl (C=O) groups excluding carboxylic acids is 1. The maximum atomic E-state index is 11.4. The lowest BCUT2D eigenvalue weighted by Crippen LogP contribution is -2.38. The second kappa shape index (κ2) is 5.29. The number of rotatable bonds is 3. The van der Waals surface area contributed by atoms with Crippen molar-refractivity contribution in [2.45, 2.75) is 32.5 Å². The van der Waals surface area contributed by atoms with Crippen molar-refractivity contribution in [3.8, 4) is 0 Å². The molecule has 1 aromatic carbocycles. The van der Waals surface area contributed by atoms with Crippen molar-refractivity contribution in [2.24, 2.45) is 5.73 Å². The maximum Gasteiger partial charge on any atom is 0.236 e. The molecule has 0 unspecified atom stereocenters. The summed E-state index contributed by atoms with van der Waals surface area (Å²) in [6, 6.07) is 5.66. The van der Waals surface area contributed by atoms with Crippen LogP contribution in [-0.2, 0) is 29.1 Å². The molecule has 3 N–H and O–H groups in total. The molecule has 0 aliphatic carbocycles. The Bertz CT molecular complexity index is 416. The highest BCUT2D eigenvalue weighted by Gasteiger charge is 2.14. The molecule has 4 nitrogen and oxygen atoms in total. The Labute approximate surface area is 101 Å². The topological polar surface area (TPSA) is 64.4 Å². The van der Waals surface area contributed by atoms with E-state index in [2.05, 4.69) is 11.4 Å². The zero-order valence-corrected chi connectivity index (χ0v) is 10.0. The number of hydrogen-bond donors (Lipinski definition) is 2. The van der Waals surface area contributed by atoms with Gasteiger partial charge in [0.1, 0.15) is 0 Å². The van der Waals surface area contributed by atoms with E-state index in [1.165, 1.54) is 16.7 Å². The van der Waals surface area contributed by atoms with Crippen molar-refractivity contribution < 1.29 is 9.53 Å². The van der Waals surface area contributed by atoms with E-state index in [-0.39, 0.29) is 5.91 Å². The molecule has 0 saturated heterocycles. The van der Waals surface area contributed by atoms with Gasteiger partial charge in [0.15, 0.2) is 0 Å². The van der Waals surface area contributed by atoms with Gasteiger partial charge < -0.3 is 15.8 Å². The largest absolute Gasteiger partial charge is 0.376 e. The van der Waals surface area contributed by atoms with Gasteiger partial charge in [-0.15, -0.1) is 0 Å². The van der Waals surface area contributed by atoms with Gasteiger partial charge in [-0.05, 0) is 30.0 Å². The molecule has 0 radical (unpaired) electrons. The number of hydrogen-bond acceptors (Lipinski definition) is 3. The fraction of sp³-hybridized carbons (Fsp3) is 0.462. The van der Waals surface area contributed by atoms with Gasteiger partial charge in [-0.2, -0.15) is 0 Å². The summed E-state index contributed by atoms with van der Waals surface area (Å²) >= 11 is 0. The van der Waals surface area contributed by atoms with Crippen LogP contribution in [0.25, 0.3) is 0 Å². The van der Waals surface area contributed by atoms with Gasteiger partial charge in [0, 0.05) is 6.54 Å². The Balaban J connectivity index is 2.08. The van der Waals surface area contributed by atoms with E-state index >= 15 is 0 Å². The zero-order chi connectivity index (χ0) is 12.3. The summed E-state index contributed by atoms with van der Waals surface area (Å²) in [4.78, 5) is 11.4. The molecular weight excluding hydrogens is 216 g/mol. The van der Waals surface area contributed by atoms with Crippen LogP contribution in [0.1, 0.15) is 23.6 Å². The molecule has 1 heterocycles. The van der Waals surface area contributed by atoms with Gasteiger partial charge in [-0.25, -0.2) is 0 Å². The first-order chi connectivity index (χ1) is 8.18. The smallest absolute Gasteiger partial charge is 0.236 e. The summed E-state index contributed by atoms with van der Waals surface area (Å²) in [6.07, 6.45) is 0.916. The molecule has 1 amide bonds. The average molecular weight is 234 g/mol. The van der Waals surface area contributed by atoms with E-state index in [0.717, 1.165) is 13.0 Å². The Morgan fingerprint density at radius 2 is 2.41 bits per heavy atom. The van der Waals surface area contributed by atoms with Gasteiger partial charge in [0.05, 0.1) is 19.3 Å². The van der Waals surface area contributed by atoms with Crippen LogP contribution in [-0.4, -0.2) is 18.6 Å². The number of amides is 1. The maximum absolute atomic E-state index is 11.4.